The van der Waals surface area contributed by atoms with Gasteiger partial charge in [0.05, 0.1) is 11.4 Å². The number of nitrogens with zero attached hydrogens (tertiary/aromatic N) is 2. The molecule has 1 fully saturated rings. The van der Waals surface area contributed by atoms with Gasteiger partial charge in [-0.25, -0.2) is 0 Å². The second-order valence-electron chi connectivity index (χ2n) is 5.12. The second-order valence-corrected chi connectivity index (χ2v) is 5.12. The molecule has 0 bridgehead atoms. The smallest absolute Gasteiger partial charge is 0.0640 e. The Morgan fingerprint density at radius 2 is 2.05 bits per heavy atom. The summed E-state index contributed by atoms with van der Waals surface area (Å²) >= 11 is 0. The standard InChI is InChI=1S/C17H20N3/c1-2-5-15(6-3-1)8-9-16-17(7-4-10-19-16)20-13-11-18-12-14-20/h1-2,4-7,10,18H,8-9,11-14H2. The molecule has 3 heteroatoms. The van der Waals surface area contributed by atoms with Gasteiger partial charge >= 0.3 is 0 Å². The lowest BCUT2D eigenvalue weighted by atomic mass is 10.1. The van der Waals surface area contributed by atoms with Crippen LogP contribution in [-0.4, -0.2) is 31.2 Å². The van der Waals surface area contributed by atoms with Crippen LogP contribution in [0.25, 0.3) is 0 Å². The Hall–Kier alpha value is -1.87. The summed E-state index contributed by atoms with van der Waals surface area (Å²) in [6, 6.07) is 15.6. The fraction of sp³-hybridized carbons (Fsp3) is 0.353. The van der Waals surface area contributed by atoms with Crippen molar-refractivity contribution in [2.24, 2.45) is 0 Å². The minimum atomic E-state index is 0.984. The van der Waals surface area contributed by atoms with E-state index in [0.717, 1.165) is 39.0 Å². The molecule has 20 heavy (non-hydrogen) atoms. The first kappa shape index (κ1) is 13.1. The molecule has 3 nitrogen and oxygen atoms in total. The molecule has 1 saturated heterocycles. The fourth-order valence-electron chi connectivity index (χ4n) is 2.66. The molecule has 0 unspecified atom stereocenters. The van der Waals surface area contributed by atoms with Crippen LogP contribution >= 0.6 is 0 Å². The average Bonchev–Trinajstić information content (AvgIpc) is 2.55. The Morgan fingerprint density at radius 1 is 1.15 bits per heavy atom. The van der Waals surface area contributed by atoms with Crippen LogP contribution in [0.3, 0.4) is 0 Å². The summed E-state index contributed by atoms with van der Waals surface area (Å²) in [5.41, 5.74) is 3.83. The number of hydrogen-bond donors (Lipinski definition) is 1. The predicted molar refractivity (Wildman–Crippen MR) is 82.0 cm³/mol. The number of rotatable bonds is 4. The molecule has 0 aliphatic carbocycles. The van der Waals surface area contributed by atoms with Gasteiger partial charge in [0.1, 0.15) is 0 Å². The van der Waals surface area contributed by atoms with Crippen LogP contribution in [0.2, 0.25) is 0 Å². The van der Waals surface area contributed by atoms with E-state index < -0.39 is 0 Å². The summed E-state index contributed by atoms with van der Waals surface area (Å²) in [6.07, 6.45) is 3.91. The third-order valence-corrected chi connectivity index (χ3v) is 3.75. The number of anilines is 1. The van der Waals surface area contributed by atoms with E-state index in [0.29, 0.717) is 0 Å². The van der Waals surface area contributed by atoms with E-state index in [2.05, 4.69) is 39.5 Å². The minimum Gasteiger partial charge on any atom is -0.368 e. The Kier molecular flexibility index (Phi) is 4.28. The monoisotopic (exact) mass is 266 g/mol. The van der Waals surface area contributed by atoms with Crippen molar-refractivity contribution in [2.75, 3.05) is 31.1 Å². The summed E-state index contributed by atoms with van der Waals surface area (Å²) < 4.78 is 0. The van der Waals surface area contributed by atoms with Gasteiger partial charge in [0, 0.05) is 32.4 Å². The molecule has 0 spiro atoms. The SMILES string of the molecule is [c]1cccc(CCc2ncccc2N2CCNCC2)c1. The van der Waals surface area contributed by atoms with Gasteiger partial charge in [0.25, 0.3) is 0 Å². The van der Waals surface area contributed by atoms with Gasteiger partial charge < -0.3 is 10.2 Å². The van der Waals surface area contributed by atoms with Gasteiger partial charge in [0.15, 0.2) is 0 Å². The largest absolute Gasteiger partial charge is 0.368 e. The average molecular weight is 266 g/mol. The number of benzene rings is 1. The number of aryl methyl sites for hydroxylation is 2. The van der Waals surface area contributed by atoms with Gasteiger partial charge in [-0.15, -0.1) is 0 Å². The van der Waals surface area contributed by atoms with Crippen molar-refractivity contribution in [3.63, 3.8) is 0 Å². The van der Waals surface area contributed by atoms with Gasteiger partial charge in [-0.1, -0.05) is 24.3 Å². The van der Waals surface area contributed by atoms with Crippen LogP contribution in [0.5, 0.6) is 0 Å². The first-order valence-corrected chi connectivity index (χ1v) is 7.28. The fourth-order valence-corrected chi connectivity index (χ4v) is 2.66. The van der Waals surface area contributed by atoms with Crippen LogP contribution in [0.1, 0.15) is 11.3 Å². The Labute approximate surface area is 120 Å². The van der Waals surface area contributed by atoms with Crippen LogP contribution in [0.4, 0.5) is 5.69 Å². The van der Waals surface area contributed by atoms with E-state index in [1.54, 1.807) is 0 Å². The van der Waals surface area contributed by atoms with E-state index in [4.69, 9.17) is 0 Å². The maximum Gasteiger partial charge on any atom is 0.0640 e. The van der Waals surface area contributed by atoms with Crippen molar-refractivity contribution in [3.05, 3.63) is 59.9 Å². The van der Waals surface area contributed by atoms with E-state index in [1.165, 1.54) is 16.9 Å². The molecule has 1 aliphatic rings. The zero-order valence-electron chi connectivity index (χ0n) is 11.7. The number of hydrogen-bond acceptors (Lipinski definition) is 3. The predicted octanol–water partition coefficient (Wildman–Crippen LogP) is 2.08. The van der Waals surface area contributed by atoms with Crippen molar-refractivity contribution in [1.29, 1.82) is 0 Å². The summed E-state index contributed by atoms with van der Waals surface area (Å²) in [5, 5.41) is 3.40. The molecule has 1 aromatic heterocycles. The Bertz CT molecular complexity index is 533. The topological polar surface area (TPSA) is 28.2 Å². The molecule has 0 atom stereocenters. The van der Waals surface area contributed by atoms with Crippen LogP contribution in [0, 0.1) is 6.07 Å². The highest BCUT2D eigenvalue weighted by Crippen LogP contribution is 2.20. The molecule has 1 aliphatic heterocycles. The summed E-state index contributed by atoms with van der Waals surface area (Å²) in [6.45, 7) is 4.25. The second kappa shape index (κ2) is 6.53. The normalized spacial score (nSPS) is 15.3. The highest BCUT2D eigenvalue weighted by Gasteiger charge is 2.14. The molecule has 0 saturated carbocycles. The first-order valence-electron chi connectivity index (χ1n) is 7.28. The number of aromatic nitrogens is 1. The van der Waals surface area contributed by atoms with Crippen molar-refractivity contribution in [1.82, 2.24) is 10.3 Å². The van der Waals surface area contributed by atoms with Gasteiger partial charge in [-0.2, -0.15) is 0 Å². The van der Waals surface area contributed by atoms with Crippen LogP contribution in [-0.2, 0) is 12.8 Å². The lowest BCUT2D eigenvalue weighted by Crippen LogP contribution is -2.44. The number of pyridine rings is 1. The molecule has 1 N–H and O–H groups in total. The first-order chi connectivity index (χ1) is 9.93. The third-order valence-electron chi connectivity index (χ3n) is 3.75. The maximum atomic E-state index is 4.60. The Morgan fingerprint density at radius 3 is 2.85 bits per heavy atom. The highest BCUT2D eigenvalue weighted by atomic mass is 15.2. The molecular weight excluding hydrogens is 246 g/mol. The molecule has 2 aromatic rings. The molecule has 0 amide bonds. The van der Waals surface area contributed by atoms with Crippen molar-refractivity contribution >= 4 is 5.69 Å². The van der Waals surface area contributed by atoms with Crippen molar-refractivity contribution in [2.45, 2.75) is 12.8 Å². The lowest BCUT2D eigenvalue weighted by molar-refractivity contribution is 0.586. The van der Waals surface area contributed by atoms with Crippen LogP contribution < -0.4 is 10.2 Å². The summed E-state index contributed by atoms with van der Waals surface area (Å²) in [4.78, 5) is 7.04. The third kappa shape index (κ3) is 3.17. The lowest BCUT2D eigenvalue weighted by Gasteiger charge is -2.30. The maximum absolute atomic E-state index is 4.60. The summed E-state index contributed by atoms with van der Waals surface area (Å²) in [7, 11) is 0. The molecule has 1 radical (unpaired) electrons. The number of piperazine rings is 1. The van der Waals surface area contributed by atoms with Gasteiger partial charge in [-0.3, -0.25) is 4.98 Å². The molecular formula is C17H20N3. The molecule has 2 heterocycles. The van der Waals surface area contributed by atoms with E-state index in [9.17, 15) is 0 Å². The van der Waals surface area contributed by atoms with E-state index in [1.807, 2.05) is 24.4 Å². The molecule has 3 rings (SSSR count). The van der Waals surface area contributed by atoms with Crippen molar-refractivity contribution in [3.8, 4) is 0 Å². The highest BCUT2D eigenvalue weighted by molar-refractivity contribution is 5.51. The Balaban J connectivity index is 1.72. The molecule has 103 valence electrons. The number of nitrogens with one attached hydrogen (secondary N) is 1. The van der Waals surface area contributed by atoms with Crippen molar-refractivity contribution < 1.29 is 0 Å². The zero-order chi connectivity index (χ0) is 13.6. The minimum absolute atomic E-state index is 0.984. The van der Waals surface area contributed by atoms with E-state index in [-0.39, 0.29) is 0 Å². The summed E-state index contributed by atoms with van der Waals surface area (Å²) in [5.74, 6) is 0. The molecule has 1 aromatic carbocycles. The zero-order valence-corrected chi connectivity index (χ0v) is 11.7. The quantitative estimate of drug-likeness (QED) is 0.918. The van der Waals surface area contributed by atoms with Crippen LogP contribution in [0.15, 0.2) is 42.6 Å². The van der Waals surface area contributed by atoms with E-state index >= 15 is 0 Å². The van der Waals surface area contributed by atoms with Gasteiger partial charge in [0.2, 0.25) is 0 Å². The van der Waals surface area contributed by atoms with Gasteiger partial charge in [-0.05, 0) is 36.6 Å².